The quantitative estimate of drug-likeness (QED) is 0.221. The molecular formula is C21H33NO8. The molecule has 0 bridgehead atoms. The van der Waals surface area contributed by atoms with Gasteiger partial charge in [0, 0.05) is 43.9 Å². The Bertz CT molecular complexity index is 570. The number of hydrogen-bond acceptors (Lipinski definition) is 8. The van der Waals surface area contributed by atoms with Gasteiger partial charge in [-0.3, -0.25) is 24.1 Å². The molecule has 1 heterocycles. The zero-order valence-corrected chi connectivity index (χ0v) is 17.9. The molecule has 30 heavy (non-hydrogen) atoms. The van der Waals surface area contributed by atoms with E-state index in [0.717, 1.165) is 4.90 Å². The SMILES string of the molecule is CC(C)C(=O)CCOCCOCCOCCOCCC(=O)CCN1C(=O)C=CC1=O. The van der Waals surface area contributed by atoms with Crippen molar-refractivity contribution in [3.05, 3.63) is 12.2 Å². The van der Waals surface area contributed by atoms with Crippen LogP contribution in [0.1, 0.15) is 33.1 Å². The van der Waals surface area contributed by atoms with Gasteiger partial charge in [0.2, 0.25) is 0 Å². The summed E-state index contributed by atoms with van der Waals surface area (Å²) >= 11 is 0. The van der Waals surface area contributed by atoms with Crippen molar-refractivity contribution in [2.24, 2.45) is 5.92 Å². The molecule has 0 spiro atoms. The Hall–Kier alpha value is -1.94. The number of rotatable bonds is 19. The van der Waals surface area contributed by atoms with Crippen LogP contribution in [-0.2, 0) is 38.1 Å². The number of carbonyl (C=O) groups excluding carboxylic acids is 4. The van der Waals surface area contributed by atoms with Gasteiger partial charge in [0.1, 0.15) is 11.6 Å². The maximum absolute atomic E-state index is 11.8. The highest BCUT2D eigenvalue weighted by molar-refractivity contribution is 6.13. The molecule has 0 saturated carbocycles. The van der Waals surface area contributed by atoms with Crippen molar-refractivity contribution in [3.8, 4) is 0 Å². The van der Waals surface area contributed by atoms with E-state index in [0.29, 0.717) is 52.7 Å². The Kier molecular flexibility index (Phi) is 13.8. The number of imide groups is 1. The minimum Gasteiger partial charge on any atom is -0.379 e. The summed E-state index contributed by atoms with van der Waals surface area (Å²) in [5.74, 6) is -0.578. The standard InChI is InChI=1S/C21H33NO8/c1-17(2)19(24)7-10-28-12-14-30-16-15-29-13-11-27-9-6-18(23)5-8-22-20(25)3-4-21(22)26/h3-4,17H,5-16H2,1-2H3. The van der Waals surface area contributed by atoms with E-state index in [4.69, 9.17) is 18.9 Å². The fraction of sp³-hybridized carbons (Fsp3) is 0.714. The smallest absolute Gasteiger partial charge is 0.253 e. The molecule has 0 unspecified atom stereocenters. The summed E-state index contributed by atoms with van der Waals surface area (Å²) in [6.07, 6.45) is 3.20. The third kappa shape index (κ3) is 11.9. The van der Waals surface area contributed by atoms with E-state index < -0.39 is 0 Å². The van der Waals surface area contributed by atoms with Gasteiger partial charge in [-0.1, -0.05) is 13.8 Å². The predicted molar refractivity (Wildman–Crippen MR) is 108 cm³/mol. The van der Waals surface area contributed by atoms with Gasteiger partial charge in [-0.05, 0) is 0 Å². The van der Waals surface area contributed by atoms with Crippen LogP contribution in [0, 0.1) is 5.92 Å². The number of carbonyl (C=O) groups is 4. The molecule has 2 amide bonds. The molecule has 9 heteroatoms. The third-order valence-electron chi connectivity index (χ3n) is 4.29. The number of hydrogen-bond donors (Lipinski definition) is 0. The van der Waals surface area contributed by atoms with Gasteiger partial charge in [-0.2, -0.15) is 0 Å². The Labute approximate surface area is 177 Å². The highest BCUT2D eigenvalue weighted by atomic mass is 16.6. The maximum Gasteiger partial charge on any atom is 0.253 e. The monoisotopic (exact) mass is 427 g/mol. The Balaban J connectivity index is 1.81. The van der Waals surface area contributed by atoms with E-state index >= 15 is 0 Å². The lowest BCUT2D eigenvalue weighted by Gasteiger charge is -2.12. The van der Waals surface area contributed by atoms with Crippen LogP contribution in [0.4, 0.5) is 0 Å². The van der Waals surface area contributed by atoms with Crippen LogP contribution in [0.2, 0.25) is 0 Å². The van der Waals surface area contributed by atoms with Crippen molar-refractivity contribution in [2.75, 3.05) is 59.4 Å². The molecule has 0 N–H and O–H groups in total. The number of amides is 2. The second kappa shape index (κ2) is 15.8. The van der Waals surface area contributed by atoms with Crippen LogP contribution in [0.3, 0.4) is 0 Å². The summed E-state index contributed by atoms with van der Waals surface area (Å²) in [5.41, 5.74) is 0. The summed E-state index contributed by atoms with van der Waals surface area (Å²) in [7, 11) is 0. The van der Waals surface area contributed by atoms with E-state index in [9.17, 15) is 19.2 Å². The summed E-state index contributed by atoms with van der Waals surface area (Å²) < 4.78 is 21.4. The molecule has 0 aromatic heterocycles. The van der Waals surface area contributed by atoms with Crippen LogP contribution in [0.5, 0.6) is 0 Å². The van der Waals surface area contributed by atoms with Crippen LogP contribution >= 0.6 is 0 Å². The number of ether oxygens (including phenoxy) is 4. The number of Topliss-reactive ketones (excluding diaryl/α,β-unsaturated/α-hetero) is 2. The molecular weight excluding hydrogens is 394 g/mol. The minimum atomic E-state index is -0.379. The molecule has 0 aliphatic carbocycles. The first-order chi connectivity index (χ1) is 14.4. The second-order valence-corrected chi connectivity index (χ2v) is 7.02. The van der Waals surface area contributed by atoms with Crippen molar-refractivity contribution in [1.29, 1.82) is 0 Å². The largest absolute Gasteiger partial charge is 0.379 e. The van der Waals surface area contributed by atoms with Crippen molar-refractivity contribution in [2.45, 2.75) is 33.1 Å². The molecule has 0 saturated heterocycles. The Morgan fingerprint density at radius 3 is 1.63 bits per heavy atom. The van der Waals surface area contributed by atoms with Crippen LogP contribution in [0.25, 0.3) is 0 Å². The molecule has 1 aliphatic rings. The summed E-state index contributed by atoms with van der Waals surface area (Å²) in [4.78, 5) is 46.9. The molecule has 170 valence electrons. The van der Waals surface area contributed by atoms with Crippen LogP contribution in [0.15, 0.2) is 12.2 Å². The van der Waals surface area contributed by atoms with Gasteiger partial charge in [0.15, 0.2) is 0 Å². The fourth-order valence-electron chi connectivity index (χ4n) is 2.42. The van der Waals surface area contributed by atoms with E-state index in [-0.39, 0.29) is 55.3 Å². The Morgan fingerprint density at radius 1 is 0.733 bits per heavy atom. The van der Waals surface area contributed by atoms with Crippen molar-refractivity contribution < 1.29 is 38.1 Å². The van der Waals surface area contributed by atoms with Gasteiger partial charge in [-0.15, -0.1) is 0 Å². The normalized spacial score (nSPS) is 13.6. The van der Waals surface area contributed by atoms with E-state index in [1.807, 2.05) is 13.8 Å². The van der Waals surface area contributed by atoms with E-state index in [1.54, 1.807) is 0 Å². The Morgan fingerprint density at radius 2 is 1.17 bits per heavy atom. The lowest BCUT2D eigenvalue weighted by Crippen LogP contribution is -2.32. The predicted octanol–water partition coefficient (Wildman–Crippen LogP) is 0.942. The van der Waals surface area contributed by atoms with E-state index in [2.05, 4.69) is 0 Å². The zero-order valence-electron chi connectivity index (χ0n) is 17.9. The highest BCUT2D eigenvalue weighted by Gasteiger charge is 2.23. The van der Waals surface area contributed by atoms with Crippen LogP contribution in [-0.4, -0.2) is 87.7 Å². The molecule has 0 aromatic carbocycles. The molecule has 0 radical (unpaired) electrons. The molecule has 0 fully saturated rings. The van der Waals surface area contributed by atoms with Crippen molar-refractivity contribution >= 4 is 23.4 Å². The topological polar surface area (TPSA) is 108 Å². The second-order valence-electron chi connectivity index (χ2n) is 7.02. The van der Waals surface area contributed by atoms with E-state index in [1.165, 1.54) is 12.2 Å². The third-order valence-corrected chi connectivity index (χ3v) is 4.29. The number of ketones is 2. The first-order valence-corrected chi connectivity index (χ1v) is 10.3. The molecule has 1 rings (SSSR count). The van der Waals surface area contributed by atoms with Gasteiger partial charge in [-0.25, -0.2) is 0 Å². The first kappa shape index (κ1) is 26.1. The highest BCUT2D eigenvalue weighted by Crippen LogP contribution is 2.05. The van der Waals surface area contributed by atoms with Crippen molar-refractivity contribution in [1.82, 2.24) is 4.90 Å². The van der Waals surface area contributed by atoms with Gasteiger partial charge in [0.05, 0.1) is 52.9 Å². The lowest BCUT2D eigenvalue weighted by atomic mass is 10.1. The number of nitrogens with zero attached hydrogens (tertiary/aromatic N) is 1. The van der Waals surface area contributed by atoms with Gasteiger partial charge >= 0.3 is 0 Å². The molecule has 9 nitrogen and oxygen atoms in total. The fourth-order valence-corrected chi connectivity index (χ4v) is 2.42. The van der Waals surface area contributed by atoms with Gasteiger partial charge < -0.3 is 18.9 Å². The molecule has 1 aliphatic heterocycles. The average molecular weight is 427 g/mol. The summed E-state index contributed by atoms with van der Waals surface area (Å²) in [6.45, 7) is 7.07. The minimum absolute atomic E-state index is 0.0444. The molecule has 0 atom stereocenters. The maximum atomic E-state index is 11.8. The lowest BCUT2D eigenvalue weighted by molar-refractivity contribution is -0.137. The van der Waals surface area contributed by atoms with Crippen LogP contribution < -0.4 is 0 Å². The summed E-state index contributed by atoms with van der Waals surface area (Å²) in [5, 5.41) is 0. The first-order valence-electron chi connectivity index (χ1n) is 10.3. The molecule has 0 aromatic rings. The van der Waals surface area contributed by atoms with Crippen molar-refractivity contribution in [3.63, 3.8) is 0 Å². The average Bonchev–Trinajstić information content (AvgIpc) is 3.03. The summed E-state index contributed by atoms with van der Waals surface area (Å²) in [6, 6.07) is 0. The zero-order chi connectivity index (χ0) is 22.2. The van der Waals surface area contributed by atoms with Gasteiger partial charge in [0.25, 0.3) is 11.8 Å².